The molecular formula is C16H21ClFNO3. The summed E-state index contributed by atoms with van der Waals surface area (Å²) in [6.45, 7) is 5.19. The van der Waals surface area contributed by atoms with Gasteiger partial charge in [0.05, 0.1) is 24.3 Å². The predicted molar refractivity (Wildman–Crippen MR) is 82.4 cm³/mol. The maximum atomic E-state index is 13.2. The second-order valence-corrected chi connectivity index (χ2v) is 5.65. The molecule has 1 heterocycles. The lowest BCUT2D eigenvalue weighted by molar-refractivity contribution is -0.143. The Kier molecular flexibility index (Phi) is 6.61. The van der Waals surface area contributed by atoms with Crippen LogP contribution in [0.2, 0.25) is 5.02 Å². The molecule has 0 N–H and O–H groups in total. The Morgan fingerprint density at radius 3 is 3.09 bits per heavy atom. The van der Waals surface area contributed by atoms with Crippen molar-refractivity contribution in [1.29, 1.82) is 0 Å². The average Bonchev–Trinajstić information content (AvgIpc) is 2.51. The molecule has 1 fully saturated rings. The number of morpholine rings is 1. The van der Waals surface area contributed by atoms with Gasteiger partial charge in [-0.2, -0.15) is 0 Å². The Labute approximate surface area is 135 Å². The normalized spacial score (nSPS) is 19.1. The Balaban J connectivity index is 1.83. The monoisotopic (exact) mass is 329 g/mol. The average molecular weight is 330 g/mol. The molecule has 1 unspecified atom stereocenters. The van der Waals surface area contributed by atoms with E-state index in [0.29, 0.717) is 26.2 Å². The van der Waals surface area contributed by atoms with E-state index in [1.807, 2.05) is 0 Å². The van der Waals surface area contributed by atoms with Gasteiger partial charge in [0.15, 0.2) is 0 Å². The van der Waals surface area contributed by atoms with Crippen LogP contribution in [0.15, 0.2) is 18.2 Å². The number of halogens is 2. The molecule has 4 nitrogen and oxygen atoms in total. The molecular weight excluding hydrogens is 309 g/mol. The third-order valence-electron chi connectivity index (χ3n) is 3.63. The van der Waals surface area contributed by atoms with Gasteiger partial charge < -0.3 is 9.47 Å². The van der Waals surface area contributed by atoms with Crippen molar-refractivity contribution < 1.29 is 18.7 Å². The van der Waals surface area contributed by atoms with Crippen LogP contribution in [0.4, 0.5) is 4.39 Å². The van der Waals surface area contributed by atoms with Crippen molar-refractivity contribution >= 4 is 17.6 Å². The molecule has 1 aromatic carbocycles. The standard InChI is InChI=1S/C16H21ClFNO3/c1-2-21-16(20)4-3-7-19-8-9-22-15(11-19)12-5-6-14(18)13(17)10-12/h5-6,10,15H,2-4,7-9,11H2,1H3. The Hall–Kier alpha value is -1.17. The van der Waals surface area contributed by atoms with E-state index >= 15 is 0 Å². The quantitative estimate of drug-likeness (QED) is 0.751. The van der Waals surface area contributed by atoms with E-state index in [0.717, 1.165) is 25.1 Å². The Bertz CT molecular complexity index is 512. The summed E-state index contributed by atoms with van der Waals surface area (Å²) in [5.74, 6) is -0.579. The summed E-state index contributed by atoms with van der Waals surface area (Å²) in [5.41, 5.74) is 0.876. The number of ether oxygens (including phenoxy) is 2. The highest BCUT2D eigenvalue weighted by molar-refractivity contribution is 6.30. The number of carbonyl (C=O) groups is 1. The highest BCUT2D eigenvalue weighted by Gasteiger charge is 2.22. The van der Waals surface area contributed by atoms with Gasteiger partial charge in [0, 0.05) is 19.5 Å². The Morgan fingerprint density at radius 2 is 2.36 bits per heavy atom. The third kappa shape index (κ3) is 4.93. The first-order chi connectivity index (χ1) is 10.6. The lowest BCUT2D eigenvalue weighted by Gasteiger charge is -2.33. The first-order valence-electron chi connectivity index (χ1n) is 7.54. The van der Waals surface area contributed by atoms with Gasteiger partial charge >= 0.3 is 5.97 Å². The molecule has 0 spiro atoms. The minimum atomic E-state index is -0.424. The van der Waals surface area contributed by atoms with Gasteiger partial charge in [0.1, 0.15) is 5.82 Å². The van der Waals surface area contributed by atoms with Crippen LogP contribution in [0, 0.1) is 5.82 Å². The zero-order chi connectivity index (χ0) is 15.9. The van der Waals surface area contributed by atoms with Crippen LogP contribution in [-0.2, 0) is 14.3 Å². The van der Waals surface area contributed by atoms with Gasteiger partial charge in [-0.25, -0.2) is 4.39 Å². The van der Waals surface area contributed by atoms with Crippen molar-refractivity contribution in [3.05, 3.63) is 34.6 Å². The molecule has 1 atom stereocenters. The molecule has 0 saturated carbocycles. The number of nitrogens with zero attached hydrogens (tertiary/aromatic N) is 1. The topological polar surface area (TPSA) is 38.8 Å². The van der Waals surface area contributed by atoms with Gasteiger partial charge in [0.25, 0.3) is 0 Å². The number of esters is 1. The van der Waals surface area contributed by atoms with E-state index in [9.17, 15) is 9.18 Å². The van der Waals surface area contributed by atoms with Crippen LogP contribution in [0.3, 0.4) is 0 Å². The number of hydrogen-bond acceptors (Lipinski definition) is 4. The maximum absolute atomic E-state index is 13.2. The summed E-state index contributed by atoms with van der Waals surface area (Å²) in [6, 6.07) is 4.68. The first-order valence-corrected chi connectivity index (χ1v) is 7.92. The van der Waals surface area contributed by atoms with Crippen molar-refractivity contribution in [3.63, 3.8) is 0 Å². The zero-order valence-electron chi connectivity index (χ0n) is 12.7. The van der Waals surface area contributed by atoms with Crippen LogP contribution in [0.1, 0.15) is 31.4 Å². The van der Waals surface area contributed by atoms with E-state index in [2.05, 4.69) is 4.90 Å². The molecule has 1 saturated heterocycles. The third-order valence-corrected chi connectivity index (χ3v) is 3.92. The minimum Gasteiger partial charge on any atom is -0.466 e. The molecule has 122 valence electrons. The van der Waals surface area contributed by atoms with Crippen LogP contribution in [0.25, 0.3) is 0 Å². The minimum absolute atomic E-state index is 0.112. The molecule has 1 aliphatic rings. The SMILES string of the molecule is CCOC(=O)CCCN1CCOC(c2ccc(F)c(Cl)c2)C1. The Morgan fingerprint density at radius 1 is 1.55 bits per heavy atom. The van der Waals surface area contributed by atoms with Crippen molar-refractivity contribution in [3.8, 4) is 0 Å². The van der Waals surface area contributed by atoms with E-state index in [-0.39, 0.29) is 17.1 Å². The maximum Gasteiger partial charge on any atom is 0.305 e. The molecule has 2 rings (SSSR count). The summed E-state index contributed by atoms with van der Waals surface area (Å²) >= 11 is 5.82. The summed E-state index contributed by atoms with van der Waals surface area (Å²) in [7, 11) is 0. The van der Waals surface area contributed by atoms with Crippen molar-refractivity contribution in [2.75, 3.05) is 32.8 Å². The van der Waals surface area contributed by atoms with E-state index in [1.54, 1.807) is 19.1 Å². The molecule has 1 aliphatic heterocycles. The van der Waals surface area contributed by atoms with E-state index < -0.39 is 5.82 Å². The first kappa shape index (κ1) is 17.2. The number of hydrogen-bond donors (Lipinski definition) is 0. The van der Waals surface area contributed by atoms with Crippen LogP contribution in [0.5, 0.6) is 0 Å². The van der Waals surface area contributed by atoms with Crippen LogP contribution in [-0.4, -0.2) is 43.7 Å². The van der Waals surface area contributed by atoms with Crippen LogP contribution >= 0.6 is 11.6 Å². The lowest BCUT2D eigenvalue weighted by Crippen LogP contribution is -2.39. The fourth-order valence-electron chi connectivity index (χ4n) is 2.50. The smallest absolute Gasteiger partial charge is 0.305 e. The van der Waals surface area contributed by atoms with Gasteiger partial charge in [0.2, 0.25) is 0 Å². The van der Waals surface area contributed by atoms with Gasteiger partial charge in [-0.15, -0.1) is 0 Å². The molecule has 0 radical (unpaired) electrons. The molecule has 0 amide bonds. The highest BCUT2D eigenvalue weighted by atomic mass is 35.5. The van der Waals surface area contributed by atoms with Gasteiger partial charge in [-0.3, -0.25) is 9.69 Å². The lowest BCUT2D eigenvalue weighted by atomic mass is 10.1. The summed E-state index contributed by atoms with van der Waals surface area (Å²) in [4.78, 5) is 13.6. The zero-order valence-corrected chi connectivity index (χ0v) is 13.4. The second-order valence-electron chi connectivity index (χ2n) is 5.24. The summed E-state index contributed by atoms with van der Waals surface area (Å²) in [5, 5.41) is 0.112. The fourth-order valence-corrected chi connectivity index (χ4v) is 2.69. The summed E-state index contributed by atoms with van der Waals surface area (Å²) < 4.78 is 23.9. The molecule has 0 aliphatic carbocycles. The second kappa shape index (κ2) is 8.46. The predicted octanol–water partition coefficient (Wildman–Crippen LogP) is 3.20. The van der Waals surface area contributed by atoms with Crippen LogP contribution < -0.4 is 0 Å². The highest BCUT2D eigenvalue weighted by Crippen LogP contribution is 2.26. The van der Waals surface area contributed by atoms with Crippen molar-refractivity contribution in [2.24, 2.45) is 0 Å². The van der Waals surface area contributed by atoms with Crippen molar-refractivity contribution in [2.45, 2.75) is 25.9 Å². The summed E-state index contributed by atoms with van der Waals surface area (Å²) in [6.07, 6.45) is 1.07. The van der Waals surface area contributed by atoms with Crippen molar-refractivity contribution in [1.82, 2.24) is 4.90 Å². The molecule has 22 heavy (non-hydrogen) atoms. The molecule has 0 bridgehead atoms. The van der Waals surface area contributed by atoms with E-state index in [4.69, 9.17) is 21.1 Å². The van der Waals surface area contributed by atoms with E-state index in [1.165, 1.54) is 6.07 Å². The van der Waals surface area contributed by atoms with Gasteiger partial charge in [-0.05, 0) is 37.6 Å². The molecule has 6 heteroatoms. The fraction of sp³-hybridized carbons (Fsp3) is 0.562. The molecule has 1 aromatic rings. The number of carbonyl (C=O) groups excluding carboxylic acids is 1. The largest absolute Gasteiger partial charge is 0.466 e. The van der Waals surface area contributed by atoms with Gasteiger partial charge in [-0.1, -0.05) is 17.7 Å². The number of benzene rings is 1. The molecule has 0 aromatic heterocycles. The number of rotatable bonds is 6.